The lowest BCUT2D eigenvalue weighted by atomic mass is 10.2. The highest BCUT2D eigenvalue weighted by molar-refractivity contribution is 6.08. The summed E-state index contributed by atoms with van der Waals surface area (Å²) in [6, 6.07) is 7.41. The number of nitrogens with zero attached hydrogens (tertiary/aromatic N) is 3. The van der Waals surface area contributed by atoms with Crippen LogP contribution in [0.4, 0.5) is 4.39 Å². The van der Waals surface area contributed by atoms with Crippen molar-refractivity contribution in [2.45, 2.75) is 6.54 Å². The maximum Gasteiger partial charge on any atom is 0.213 e. The molecule has 0 atom stereocenters. The van der Waals surface area contributed by atoms with Gasteiger partial charge in [0.25, 0.3) is 0 Å². The molecule has 0 spiro atoms. The number of rotatable bonds is 4. The third kappa shape index (κ3) is 2.72. The normalized spacial score (nSPS) is 16.1. The molecular weight excluding hydrogens is 309 g/mol. The Labute approximate surface area is 139 Å². The molecule has 1 fully saturated rings. The fraction of sp³-hybridized carbons (Fsp3) is 0.389. The predicted octanol–water partition coefficient (Wildman–Crippen LogP) is 2.67. The van der Waals surface area contributed by atoms with Crippen LogP contribution in [-0.4, -0.2) is 54.4 Å². The van der Waals surface area contributed by atoms with Gasteiger partial charge in [0.2, 0.25) is 5.95 Å². The standard InChI is InChI=1S/C18H20FN3O2/c1-23-13-2-3-14-15-11-18(19)20-12-17(15)22(16(14)10-13)5-4-21-6-8-24-9-7-21/h2-3,10-12H,4-9H2,1H3. The maximum atomic E-state index is 13.6. The number of benzene rings is 1. The second-order valence-corrected chi connectivity index (χ2v) is 6.01. The van der Waals surface area contributed by atoms with Gasteiger partial charge in [-0.1, -0.05) is 0 Å². The fourth-order valence-electron chi connectivity index (χ4n) is 3.38. The Bertz CT molecular complexity index is 871. The first-order chi connectivity index (χ1) is 11.8. The van der Waals surface area contributed by atoms with Crippen LogP contribution in [0.15, 0.2) is 30.5 Å². The molecule has 4 rings (SSSR count). The lowest BCUT2D eigenvalue weighted by Gasteiger charge is -2.26. The van der Waals surface area contributed by atoms with Gasteiger partial charge >= 0.3 is 0 Å². The van der Waals surface area contributed by atoms with E-state index in [1.807, 2.05) is 18.2 Å². The number of methoxy groups -OCH3 is 1. The van der Waals surface area contributed by atoms with Gasteiger partial charge in [0, 0.05) is 49.1 Å². The Morgan fingerprint density at radius 1 is 1.12 bits per heavy atom. The van der Waals surface area contributed by atoms with Crippen LogP contribution in [0.25, 0.3) is 21.8 Å². The van der Waals surface area contributed by atoms with Crippen LogP contribution in [0.2, 0.25) is 0 Å². The van der Waals surface area contributed by atoms with Gasteiger partial charge in [-0.25, -0.2) is 4.98 Å². The fourth-order valence-corrected chi connectivity index (χ4v) is 3.38. The van der Waals surface area contributed by atoms with E-state index in [1.165, 1.54) is 6.07 Å². The van der Waals surface area contributed by atoms with Gasteiger partial charge in [0.15, 0.2) is 0 Å². The summed E-state index contributed by atoms with van der Waals surface area (Å²) in [5.74, 6) is 0.344. The van der Waals surface area contributed by atoms with Gasteiger partial charge in [0.05, 0.1) is 37.6 Å². The van der Waals surface area contributed by atoms with Crippen LogP contribution in [0.3, 0.4) is 0 Å². The van der Waals surface area contributed by atoms with Gasteiger partial charge in [-0.2, -0.15) is 4.39 Å². The molecular formula is C18H20FN3O2. The van der Waals surface area contributed by atoms with Gasteiger partial charge in [-0.3, -0.25) is 4.90 Å². The first kappa shape index (κ1) is 15.4. The Balaban J connectivity index is 1.77. The minimum atomic E-state index is -0.453. The van der Waals surface area contributed by atoms with Crippen LogP contribution < -0.4 is 4.74 Å². The number of halogens is 1. The molecule has 0 bridgehead atoms. The average molecular weight is 329 g/mol. The number of hydrogen-bond acceptors (Lipinski definition) is 4. The van der Waals surface area contributed by atoms with Crippen molar-refractivity contribution in [3.8, 4) is 5.75 Å². The minimum Gasteiger partial charge on any atom is -0.497 e. The SMILES string of the molecule is COc1ccc2c3cc(F)ncc3n(CCN3CCOCC3)c2c1. The Hall–Kier alpha value is -2.18. The molecule has 1 aliphatic heterocycles. The summed E-state index contributed by atoms with van der Waals surface area (Å²) >= 11 is 0. The highest BCUT2D eigenvalue weighted by Gasteiger charge is 2.15. The van der Waals surface area contributed by atoms with E-state index in [-0.39, 0.29) is 0 Å². The Morgan fingerprint density at radius 3 is 2.75 bits per heavy atom. The number of ether oxygens (including phenoxy) is 2. The van der Waals surface area contributed by atoms with Crippen molar-refractivity contribution in [1.29, 1.82) is 0 Å². The van der Waals surface area contributed by atoms with Crippen LogP contribution in [0.1, 0.15) is 0 Å². The van der Waals surface area contributed by atoms with Crippen molar-refractivity contribution in [2.75, 3.05) is 40.0 Å². The quantitative estimate of drug-likeness (QED) is 0.690. The number of pyridine rings is 1. The van der Waals surface area contributed by atoms with Crippen LogP contribution in [0.5, 0.6) is 5.75 Å². The van der Waals surface area contributed by atoms with Crippen LogP contribution in [-0.2, 0) is 11.3 Å². The summed E-state index contributed by atoms with van der Waals surface area (Å²) < 4.78 is 26.6. The maximum absolute atomic E-state index is 13.6. The summed E-state index contributed by atoms with van der Waals surface area (Å²) in [4.78, 5) is 6.24. The second kappa shape index (κ2) is 6.37. The highest BCUT2D eigenvalue weighted by atomic mass is 19.1. The number of aromatic nitrogens is 2. The summed E-state index contributed by atoms with van der Waals surface area (Å²) in [5.41, 5.74) is 2.00. The molecule has 2 aromatic heterocycles. The van der Waals surface area contributed by atoms with Crippen molar-refractivity contribution >= 4 is 21.8 Å². The summed E-state index contributed by atoms with van der Waals surface area (Å²) in [7, 11) is 1.66. The Kier molecular flexibility index (Phi) is 4.08. The zero-order chi connectivity index (χ0) is 16.5. The Morgan fingerprint density at radius 2 is 1.96 bits per heavy atom. The van der Waals surface area contributed by atoms with E-state index in [0.29, 0.717) is 0 Å². The van der Waals surface area contributed by atoms with Crippen LogP contribution in [0, 0.1) is 5.95 Å². The van der Waals surface area contributed by atoms with E-state index in [2.05, 4.69) is 14.5 Å². The van der Waals surface area contributed by atoms with Gasteiger partial charge < -0.3 is 14.0 Å². The van der Waals surface area contributed by atoms with Gasteiger partial charge in [-0.15, -0.1) is 0 Å². The lowest BCUT2D eigenvalue weighted by Crippen LogP contribution is -2.38. The molecule has 0 unspecified atom stereocenters. The van der Waals surface area contributed by atoms with Crippen molar-refractivity contribution in [3.63, 3.8) is 0 Å². The van der Waals surface area contributed by atoms with E-state index < -0.39 is 5.95 Å². The highest BCUT2D eigenvalue weighted by Crippen LogP contribution is 2.31. The monoisotopic (exact) mass is 329 g/mol. The van der Waals surface area contributed by atoms with E-state index in [9.17, 15) is 4.39 Å². The average Bonchev–Trinajstić information content (AvgIpc) is 2.93. The van der Waals surface area contributed by atoms with E-state index in [1.54, 1.807) is 13.3 Å². The molecule has 0 amide bonds. The molecule has 5 nitrogen and oxygen atoms in total. The number of fused-ring (bicyclic) bond motifs is 3. The molecule has 6 heteroatoms. The van der Waals surface area contributed by atoms with Crippen molar-refractivity contribution in [3.05, 3.63) is 36.4 Å². The molecule has 0 radical (unpaired) electrons. The molecule has 1 aromatic carbocycles. The smallest absolute Gasteiger partial charge is 0.213 e. The van der Waals surface area contributed by atoms with Crippen molar-refractivity contribution < 1.29 is 13.9 Å². The molecule has 0 saturated carbocycles. The van der Waals surface area contributed by atoms with Crippen molar-refractivity contribution in [2.24, 2.45) is 0 Å². The number of hydrogen-bond donors (Lipinski definition) is 0. The number of morpholine rings is 1. The molecule has 1 saturated heterocycles. The van der Waals surface area contributed by atoms with Gasteiger partial charge in [-0.05, 0) is 12.1 Å². The zero-order valence-corrected chi connectivity index (χ0v) is 13.7. The third-order valence-electron chi connectivity index (χ3n) is 4.67. The van der Waals surface area contributed by atoms with Crippen LogP contribution >= 0.6 is 0 Å². The topological polar surface area (TPSA) is 39.5 Å². The van der Waals surface area contributed by atoms with E-state index in [0.717, 1.165) is 66.9 Å². The molecule has 3 aromatic rings. The van der Waals surface area contributed by atoms with E-state index >= 15 is 0 Å². The largest absolute Gasteiger partial charge is 0.497 e. The molecule has 0 N–H and O–H groups in total. The summed E-state index contributed by atoms with van der Waals surface area (Å²) in [5, 5.41) is 1.91. The zero-order valence-electron chi connectivity index (χ0n) is 13.7. The predicted molar refractivity (Wildman–Crippen MR) is 91.0 cm³/mol. The minimum absolute atomic E-state index is 0.453. The second-order valence-electron chi connectivity index (χ2n) is 6.01. The molecule has 3 heterocycles. The van der Waals surface area contributed by atoms with Crippen molar-refractivity contribution in [1.82, 2.24) is 14.5 Å². The molecule has 1 aliphatic rings. The summed E-state index contributed by atoms with van der Waals surface area (Å²) in [6.07, 6.45) is 1.62. The molecule has 24 heavy (non-hydrogen) atoms. The van der Waals surface area contributed by atoms with Gasteiger partial charge in [0.1, 0.15) is 5.75 Å². The third-order valence-corrected chi connectivity index (χ3v) is 4.67. The molecule has 0 aliphatic carbocycles. The van der Waals surface area contributed by atoms with E-state index in [4.69, 9.17) is 9.47 Å². The lowest BCUT2D eigenvalue weighted by molar-refractivity contribution is 0.0366. The first-order valence-corrected chi connectivity index (χ1v) is 8.18. The first-order valence-electron chi connectivity index (χ1n) is 8.18. The summed E-state index contributed by atoms with van der Waals surface area (Å²) in [6.45, 7) is 5.22. The molecule has 126 valence electrons.